The first kappa shape index (κ1) is 32.3. The number of rotatable bonds is 9. The molecule has 0 radical (unpaired) electrons. The maximum absolute atomic E-state index is 13.4. The largest absolute Gasteiger partial charge is 0.508 e. The standard InChI is InChI=1S/C28H39N7O7/c29-7-1-2-20-27(41)34-21(28(42)35-22(14-36)26(40)32-9-8-30)13-18-11-16(4-6-24(18)38)15-3-5-23(37)17(10-15)12-19(31)25(39)33-20/h3-6,10-11,19-22,36-38H,1-2,7-9,12-14,29-31H2,(H,32,40)(H,33,39)(H,34,41)(H,35,42)/t19-,20-,21-,22-/m0/s1. The lowest BCUT2D eigenvalue weighted by Gasteiger charge is -2.26. The lowest BCUT2D eigenvalue weighted by atomic mass is 9.95. The summed E-state index contributed by atoms with van der Waals surface area (Å²) in [5.41, 5.74) is 19.2. The summed E-state index contributed by atoms with van der Waals surface area (Å²) in [4.78, 5) is 52.3. The molecule has 0 fully saturated rings. The van der Waals surface area contributed by atoms with Gasteiger partial charge in [0.05, 0.1) is 12.6 Å². The molecule has 228 valence electrons. The van der Waals surface area contributed by atoms with E-state index in [9.17, 15) is 34.5 Å². The zero-order chi connectivity index (χ0) is 30.8. The third-order valence-corrected chi connectivity index (χ3v) is 6.91. The number of carbonyl (C=O) groups is 4. The number of aliphatic hydroxyl groups excluding tert-OH is 1. The number of carbonyl (C=O) groups excluding carboxylic acids is 4. The number of hydrogen-bond acceptors (Lipinski definition) is 10. The van der Waals surface area contributed by atoms with Gasteiger partial charge in [-0.15, -0.1) is 0 Å². The number of phenols is 2. The van der Waals surface area contributed by atoms with Crippen molar-refractivity contribution >= 4 is 23.6 Å². The molecule has 2 aromatic carbocycles. The van der Waals surface area contributed by atoms with Crippen LogP contribution >= 0.6 is 0 Å². The molecule has 0 saturated heterocycles. The van der Waals surface area contributed by atoms with Crippen LogP contribution in [0.2, 0.25) is 0 Å². The average molecular weight is 586 g/mol. The van der Waals surface area contributed by atoms with Crippen LogP contribution in [-0.2, 0) is 32.0 Å². The summed E-state index contributed by atoms with van der Waals surface area (Å²) < 4.78 is 0. The van der Waals surface area contributed by atoms with Gasteiger partial charge < -0.3 is 53.8 Å². The van der Waals surface area contributed by atoms with E-state index in [0.717, 1.165) is 0 Å². The number of aliphatic hydroxyl groups is 1. The Morgan fingerprint density at radius 3 is 2.12 bits per heavy atom. The van der Waals surface area contributed by atoms with Crippen LogP contribution in [-0.4, -0.2) is 89.4 Å². The highest BCUT2D eigenvalue weighted by Gasteiger charge is 2.31. The highest BCUT2D eigenvalue weighted by Crippen LogP contribution is 2.30. The molecule has 0 aromatic heterocycles. The van der Waals surface area contributed by atoms with Gasteiger partial charge in [-0.05, 0) is 65.9 Å². The van der Waals surface area contributed by atoms with E-state index in [1.165, 1.54) is 12.1 Å². The summed E-state index contributed by atoms with van der Waals surface area (Å²) in [6.07, 6.45) is 0.269. The molecule has 42 heavy (non-hydrogen) atoms. The molecular weight excluding hydrogens is 546 g/mol. The predicted octanol–water partition coefficient (Wildman–Crippen LogP) is -2.55. The van der Waals surface area contributed by atoms with Gasteiger partial charge in [0.15, 0.2) is 0 Å². The molecule has 1 aliphatic rings. The Labute approximate surface area is 243 Å². The van der Waals surface area contributed by atoms with Crippen molar-refractivity contribution in [2.75, 3.05) is 26.2 Å². The molecule has 0 unspecified atom stereocenters. The van der Waals surface area contributed by atoms with Crippen molar-refractivity contribution in [3.8, 4) is 22.6 Å². The zero-order valence-electron chi connectivity index (χ0n) is 23.1. The molecule has 4 amide bonds. The van der Waals surface area contributed by atoms with Crippen LogP contribution in [0.5, 0.6) is 11.5 Å². The van der Waals surface area contributed by atoms with Crippen LogP contribution in [0.3, 0.4) is 0 Å². The Morgan fingerprint density at radius 1 is 0.929 bits per heavy atom. The smallest absolute Gasteiger partial charge is 0.245 e. The fraction of sp³-hybridized carbons (Fsp3) is 0.429. The second-order valence-electron chi connectivity index (χ2n) is 10.1. The molecule has 0 aliphatic carbocycles. The van der Waals surface area contributed by atoms with Crippen molar-refractivity contribution in [2.24, 2.45) is 17.2 Å². The van der Waals surface area contributed by atoms with Gasteiger partial charge in [0, 0.05) is 25.9 Å². The highest BCUT2D eigenvalue weighted by molar-refractivity contribution is 5.95. The van der Waals surface area contributed by atoms with Crippen LogP contribution < -0.4 is 38.5 Å². The fourth-order valence-electron chi connectivity index (χ4n) is 4.54. The van der Waals surface area contributed by atoms with Crippen LogP contribution in [0.1, 0.15) is 24.0 Å². The van der Waals surface area contributed by atoms with Crippen molar-refractivity contribution in [3.05, 3.63) is 47.5 Å². The van der Waals surface area contributed by atoms with Crippen LogP contribution in [0.25, 0.3) is 11.1 Å². The van der Waals surface area contributed by atoms with E-state index in [0.29, 0.717) is 28.7 Å². The number of amides is 4. The second kappa shape index (κ2) is 15.1. The van der Waals surface area contributed by atoms with E-state index in [1.54, 1.807) is 24.3 Å². The first-order chi connectivity index (χ1) is 20.1. The van der Waals surface area contributed by atoms with E-state index in [1.807, 2.05) is 0 Å². The number of nitrogens with one attached hydrogen (secondary N) is 4. The van der Waals surface area contributed by atoms with Gasteiger partial charge in [-0.2, -0.15) is 0 Å². The quantitative estimate of drug-likeness (QED) is 0.147. The predicted molar refractivity (Wildman–Crippen MR) is 154 cm³/mol. The van der Waals surface area contributed by atoms with Crippen molar-refractivity contribution in [1.82, 2.24) is 21.3 Å². The summed E-state index contributed by atoms with van der Waals surface area (Å²) >= 11 is 0. The summed E-state index contributed by atoms with van der Waals surface area (Å²) in [6.45, 7) is -0.225. The molecule has 0 saturated carbocycles. The molecule has 2 aromatic rings. The van der Waals surface area contributed by atoms with Crippen molar-refractivity contribution < 1.29 is 34.5 Å². The maximum atomic E-state index is 13.4. The minimum Gasteiger partial charge on any atom is -0.508 e. The number of hydrogen-bond donors (Lipinski definition) is 10. The van der Waals surface area contributed by atoms with E-state index < -0.39 is 54.4 Å². The van der Waals surface area contributed by atoms with E-state index in [4.69, 9.17) is 17.2 Å². The molecule has 4 bridgehead atoms. The highest BCUT2D eigenvalue weighted by atomic mass is 16.3. The van der Waals surface area contributed by atoms with Crippen molar-refractivity contribution in [3.63, 3.8) is 0 Å². The Bertz CT molecular complexity index is 1290. The second-order valence-corrected chi connectivity index (χ2v) is 10.1. The van der Waals surface area contributed by atoms with E-state index in [-0.39, 0.29) is 50.4 Å². The third-order valence-electron chi connectivity index (χ3n) is 6.91. The van der Waals surface area contributed by atoms with Crippen LogP contribution in [0.15, 0.2) is 36.4 Å². The van der Waals surface area contributed by atoms with Gasteiger partial charge in [0.2, 0.25) is 23.6 Å². The number of nitrogens with two attached hydrogens (primary N) is 3. The fourth-order valence-corrected chi connectivity index (χ4v) is 4.54. The van der Waals surface area contributed by atoms with E-state index in [2.05, 4.69) is 21.3 Å². The van der Waals surface area contributed by atoms with Crippen LogP contribution in [0.4, 0.5) is 0 Å². The summed E-state index contributed by atoms with van der Waals surface area (Å²) in [5.74, 6) is -3.06. The van der Waals surface area contributed by atoms with E-state index >= 15 is 0 Å². The molecule has 14 heteroatoms. The minimum atomic E-state index is -1.33. The summed E-state index contributed by atoms with van der Waals surface area (Å²) in [6, 6.07) is 4.59. The average Bonchev–Trinajstić information content (AvgIpc) is 2.97. The maximum Gasteiger partial charge on any atom is 0.245 e. The zero-order valence-corrected chi connectivity index (χ0v) is 23.1. The molecule has 0 spiro atoms. The molecule has 13 N–H and O–H groups in total. The Kier molecular flexibility index (Phi) is 11.6. The van der Waals surface area contributed by atoms with Gasteiger partial charge in [-0.1, -0.05) is 12.1 Å². The minimum absolute atomic E-state index is 0.0263. The number of benzene rings is 2. The topological polar surface area (TPSA) is 255 Å². The van der Waals surface area contributed by atoms with Gasteiger partial charge in [0.1, 0.15) is 29.6 Å². The monoisotopic (exact) mass is 585 g/mol. The first-order valence-corrected chi connectivity index (χ1v) is 13.7. The normalized spacial score (nSPS) is 19.9. The lowest BCUT2D eigenvalue weighted by molar-refractivity contribution is -0.134. The third kappa shape index (κ3) is 8.39. The van der Waals surface area contributed by atoms with Crippen molar-refractivity contribution in [2.45, 2.75) is 49.9 Å². The van der Waals surface area contributed by atoms with Gasteiger partial charge in [0.25, 0.3) is 0 Å². The van der Waals surface area contributed by atoms with Crippen LogP contribution in [0, 0.1) is 0 Å². The molecule has 4 atom stereocenters. The molecule has 3 rings (SSSR count). The Balaban J connectivity index is 2.05. The van der Waals surface area contributed by atoms with Gasteiger partial charge in [-0.25, -0.2) is 0 Å². The number of fused-ring (bicyclic) bond motifs is 5. The molecule has 1 heterocycles. The summed E-state index contributed by atoms with van der Waals surface area (Å²) in [5, 5.41) is 41.0. The van der Waals surface area contributed by atoms with Crippen molar-refractivity contribution in [1.29, 1.82) is 0 Å². The SMILES string of the molecule is NCCC[C@@H]1NC(=O)[C@@H](N)Cc2cc(ccc2O)-c2ccc(O)c(c2)C[C@@H](C(=O)N[C@@H](CO)C(=O)NCCN)NC1=O. The lowest BCUT2D eigenvalue weighted by Crippen LogP contribution is -2.59. The Hall–Kier alpha value is -4.24. The molecule has 14 nitrogen and oxygen atoms in total. The summed E-state index contributed by atoms with van der Waals surface area (Å²) in [7, 11) is 0. The van der Waals surface area contributed by atoms with Gasteiger partial charge in [-0.3, -0.25) is 19.2 Å². The number of aromatic hydroxyl groups is 2. The Morgan fingerprint density at radius 2 is 1.55 bits per heavy atom. The first-order valence-electron chi connectivity index (χ1n) is 13.7. The number of phenolic OH excluding ortho intramolecular Hbond substituents is 2. The molecule has 1 aliphatic heterocycles. The molecular formula is C28H39N7O7. The van der Waals surface area contributed by atoms with Gasteiger partial charge >= 0.3 is 0 Å².